The first-order chi connectivity index (χ1) is 11.4. The minimum absolute atomic E-state index is 0.170. The molecule has 1 aromatic carbocycles. The number of nitrogens with zero attached hydrogens (tertiary/aromatic N) is 3. The lowest BCUT2D eigenvalue weighted by Gasteiger charge is -2.22. The number of carbonyl (C=O) groups is 1. The van der Waals surface area contributed by atoms with E-state index in [4.69, 9.17) is 9.47 Å². The number of rotatable bonds is 6. The fourth-order valence-corrected chi connectivity index (χ4v) is 2.45. The van der Waals surface area contributed by atoms with Gasteiger partial charge in [0.1, 0.15) is 11.5 Å². The predicted molar refractivity (Wildman–Crippen MR) is 91.2 cm³/mol. The molecular formula is C17H24N4O3. The second kappa shape index (κ2) is 7.72. The van der Waals surface area contributed by atoms with Crippen molar-refractivity contribution in [2.75, 3.05) is 21.3 Å². The van der Waals surface area contributed by atoms with Crippen molar-refractivity contribution in [3.63, 3.8) is 0 Å². The first-order valence-electron chi connectivity index (χ1n) is 7.65. The Morgan fingerprint density at radius 1 is 1.38 bits per heavy atom. The summed E-state index contributed by atoms with van der Waals surface area (Å²) in [6.07, 6.45) is 3.64. The van der Waals surface area contributed by atoms with Crippen LogP contribution >= 0.6 is 0 Å². The number of methoxy groups -OCH3 is 2. The van der Waals surface area contributed by atoms with E-state index in [2.05, 4.69) is 10.4 Å². The summed E-state index contributed by atoms with van der Waals surface area (Å²) in [6.45, 7) is 2.40. The lowest BCUT2D eigenvalue weighted by Crippen LogP contribution is -2.38. The van der Waals surface area contributed by atoms with Gasteiger partial charge in [0.05, 0.1) is 33.0 Å². The van der Waals surface area contributed by atoms with Crippen molar-refractivity contribution in [2.24, 2.45) is 7.05 Å². The average Bonchev–Trinajstić information content (AvgIpc) is 2.98. The summed E-state index contributed by atoms with van der Waals surface area (Å²) >= 11 is 0. The second-order valence-corrected chi connectivity index (χ2v) is 5.66. The summed E-state index contributed by atoms with van der Waals surface area (Å²) < 4.78 is 12.3. The smallest absolute Gasteiger partial charge is 0.317 e. The highest BCUT2D eigenvalue weighted by Gasteiger charge is 2.17. The van der Waals surface area contributed by atoms with Crippen LogP contribution in [-0.2, 0) is 13.6 Å². The number of benzene rings is 1. The van der Waals surface area contributed by atoms with Gasteiger partial charge in [-0.15, -0.1) is 0 Å². The molecule has 2 rings (SSSR count). The Balaban J connectivity index is 2.05. The van der Waals surface area contributed by atoms with Crippen LogP contribution < -0.4 is 14.8 Å². The predicted octanol–water partition coefficient (Wildman–Crippen LogP) is 2.34. The highest BCUT2D eigenvalue weighted by Crippen LogP contribution is 2.29. The molecule has 0 aliphatic carbocycles. The zero-order valence-electron chi connectivity index (χ0n) is 14.7. The van der Waals surface area contributed by atoms with Crippen LogP contribution in [0.4, 0.5) is 4.79 Å². The molecule has 130 valence electrons. The standard InChI is InChI=1S/C17H24N4O3/c1-12(15-8-14(23-4)6-7-16(15)24-5)19-17(22)20(2)10-13-9-18-21(3)11-13/h6-9,11-12H,10H2,1-5H3,(H,19,22)/t12-/m0/s1. The number of aromatic nitrogens is 2. The molecular weight excluding hydrogens is 308 g/mol. The summed E-state index contributed by atoms with van der Waals surface area (Å²) in [5.41, 5.74) is 1.83. The summed E-state index contributed by atoms with van der Waals surface area (Å²) in [5, 5.41) is 7.08. The zero-order valence-corrected chi connectivity index (χ0v) is 14.7. The van der Waals surface area contributed by atoms with Crippen LogP contribution in [-0.4, -0.2) is 42.0 Å². The third-order valence-electron chi connectivity index (χ3n) is 3.77. The number of urea groups is 1. The van der Waals surface area contributed by atoms with Crippen LogP contribution in [0.25, 0.3) is 0 Å². The van der Waals surface area contributed by atoms with Crippen molar-refractivity contribution in [1.82, 2.24) is 20.0 Å². The van der Waals surface area contributed by atoms with Crippen LogP contribution in [0.2, 0.25) is 0 Å². The molecule has 0 fully saturated rings. The van der Waals surface area contributed by atoms with Gasteiger partial charge in [-0.3, -0.25) is 4.68 Å². The monoisotopic (exact) mass is 332 g/mol. The van der Waals surface area contributed by atoms with Crippen molar-refractivity contribution in [1.29, 1.82) is 0 Å². The number of hydrogen-bond acceptors (Lipinski definition) is 4. The molecule has 0 aliphatic heterocycles. The van der Waals surface area contributed by atoms with Crippen LogP contribution in [0, 0.1) is 0 Å². The minimum Gasteiger partial charge on any atom is -0.497 e. The molecule has 0 unspecified atom stereocenters. The van der Waals surface area contributed by atoms with Gasteiger partial charge >= 0.3 is 6.03 Å². The van der Waals surface area contributed by atoms with Gasteiger partial charge in [-0.25, -0.2) is 4.79 Å². The van der Waals surface area contributed by atoms with E-state index >= 15 is 0 Å². The Morgan fingerprint density at radius 2 is 2.12 bits per heavy atom. The lowest BCUT2D eigenvalue weighted by atomic mass is 10.1. The molecule has 24 heavy (non-hydrogen) atoms. The van der Waals surface area contributed by atoms with Crippen LogP contribution in [0.1, 0.15) is 24.1 Å². The molecule has 1 aromatic heterocycles. The Bertz CT molecular complexity index is 699. The number of ether oxygens (including phenoxy) is 2. The molecule has 0 aliphatic rings. The average molecular weight is 332 g/mol. The largest absolute Gasteiger partial charge is 0.497 e. The summed E-state index contributed by atoms with van der Waals surface area (Å²) in [5.74, 6) is 1.43. The normalized spacial score (nSPS) is 11.7. The lowest BCUT2D eigenvalue weighted by molar-refractivity contribution is 0.203. The molecule has 1 heterocycles. The maximum absolute atomic E-state index is 12.4. The maximum Gasteiger partial charge on any atom is 0.317 e. The fourth-order valence-electron chi connectivity index (χ4n) is 2.45. The number of carbonyl (C=O) groups excluding carboxylic acids is 1. The highest BCUT2D eigenvalue weighted by atomic mass is 16.5. The first kappa shape index (κ1) is 17.7. The highest BCUT2D eigenvalue weighted by molar-refractivity contribution is 5.74. The van der Waals surface area contributed by atoms with E-state index in [1.54, 1.807) is 37.0 Å². The molecule has 1 atom stereocenters. The van der Waals surface area contributed by atoms with Crippen molar-refractivity contribution in [2.45, 2.75) is 19.5 Å². The van der Waals surface area contributed by atoms with E-state index in [0.717, 1.165) is 16.9 Å². The fraction of sp³-hybridized carbons (Fsp3) is 0.412. The SMILES string of the molecule is COc1ccc(OC)c([C@H](C)NC(=O)N(C)Cc2cnn(C)c2)c1. The Hall–Kier alpha value is -2.70. The van der Waals surface area contributed by atoms with Gasteiger partial charge in [0, 0.05) is 31.4 Å². The molecule has 1 N–H and O–H groups in total. The molecule has 7 nitrogen and oxygen atoms in total. The Morgan fingerprint density at radius 3 is 2.71 bits per heavy atom. The first-order valence-corrected chi connectivity index (χ1v) is 7.65. The quantitative estimate of drug-likeness (QED) is 0.881. The van der Waals surface area contributed by atoms with Crippen molar-refractivity contribution in [3.8, 4) is 11.5 Å². The third-order valence-corrected chi connectivity index (χ3v) is 3.77. The topological polar surface area (TPSA) is 68.6 Å². The Labute approximate surface area is 142 Å². The van der Waals surface area contributed by atoms with E-state index in [0.29, 0.717) is 12.3 Å². The van der Waals surface area contributed by atoms with Gasteiger partial charge in [-0.1, -0.05) is 0 Å². The minimum atomic E-state index is -0.223. The molecule has 2 aromatic rings. The third kappa shape index (κ3) is 4.18. The number of nitrogens with one attached hydrogen (secondary N) is 1. The van der Waals surface area contributed by atoms with E-state index < -0.39 is 0 Å². The van der Waals surface area contributed by atoms with Crippen molar-refractivity contribution >= 4 is 6.03 Å². The summed E-state index contributed by atoms with van der Waals surface area (Å²) in [7, 11) is 6.81. The zero-order chi connectivity index (χ0) is 17.7. The molecule has 0 spiro atoms. The van der Waals surface area contributed by atoms with Crippen LogP contribution in [0.15, 0.2) is 30.6 Å². The van der Waals surface area contributed by atoms with Gasteiger partial charge in [-0.05, 0) is 25.1 Å². The molecule has 2 amide bonds. The van der Waals surface area contributed by atoms with E-state index in [1.807, 2.05) is 38.4 Å². The number of amides is 2. The molecule has 0 saturated carbocycles. The van der Waals surface area contributed by atoms with Gasteiger partial charge in [-0.2, -0.15) is 5.10 Å². The van der Waals surface area contributed by atoms with E-state index in [9.17, 15) is 4.79 Å². The molecule has 0 radical (unpaired) electrons. The summed E-state index contributed by atoms with van der Waals surface area (Å²) in [6, 6.07) is 5.13. The molecule has 0 bridgehead atoms. The van der Waals surface area contributed by atoms with Gasteiger partial charge < -0.3 is 19.7 Å². The number of hydrogen-bond donors (Lipinski definition) is 1. The van der Waals surface area contributed by atoms with Gasteiger partial charge in [0.25, 0.3) is 0 Å². The molecule has 0 saturated heterocycles. The Kier molecular flexibility index (Phi) is 5.68. The van der Waals surface area contributed by atoms with E-state index in [1.165, 1.54) is 0 Å². The van der Waals surface area contributed by atoms with Gasteiger partial charge in [0.2, 0.25) is 0 Å². The van der Waals surface area contributed by atoms with Gasteiger partial charge in [0.15, 0.2) is 0 Å². The summed E-state index contributed by atoms with van der Waals surface area (Å²) in [4.78, 5) is 14.0. The molecule has 7 heteroatoms. The van der Waals surface area contributed by atoms with E-state index in [-0.39, 0.29) is 12.1 Å². The van der Waals surface area contributed by atoms with Crippen LogP contribution in [0.3, 0.4) is 0 Å². The number of aryl methyl sites for hydroxylation is 1. The van der Waals surface area contributed by atoms with Crippen LogP contribution in [0.5, 0.6) is 11.5 Å². The maximum atomic E-state index is 12.4. The second-order valence-electron chi connectivity index (χ2n) is 5.66. The van der Waals surface area contributed by atoms with Crippen molar-refractivity contribution < 1.29 is 14.3 Å². The van der Waals surface area contributed by atoms with Crippen molar-refractivity contribution in [3.05, 3.63) is 41.7 Å².